The molecule has 9 amide bonds. The molecule has 3 fully saturated rings. The highest BCUT2D eigenvalue weighted by Crippen LogP contribution is 2.24. The number of carboxylic acid groups (broad SMARTS) is 1. The first-order valence-electron chi connectivity index (χ1n) is 22.9. The summed E-state index contributed by atoms with van der Waals surface area (Å²) in [7, 11) is 0. The molecule has 1 aromatic rings. The summed E-state index contributed by atoms with van der Waals surface area (Å²) in [4.78, 5) is 137. The first-order chi connectivity index (χ1) is 31.2. The molecule has 8 atom stereocenters. The summed E-state index contributed by atoms with van der Waals surface area (Å²) < 4.78 is 0. The summed E-state index contributed by atoms with van der Waals surface area (Å²) in [6.45, 7) is 7.66. The predicted molar refractivity (Wildman–Crippen MR) is 239 cm³/mol. The summed E-state index contributed by atoms with van der Waals surface area (Å²) in [6.07, 6.45) is 1.27. The lowest BCUT2D eigenvalue weighted by molar-refractivity contribution is -0.146. The van der Waals surface area contributed by atoms with E-state index in [1.807, 2.05) is 13.8 Å². The molecule has 0 aromatic heterocycles. The van der Waals surface area contributed by atoms with Gasteiger partial charge in [-0.1, -0.05) is 58.0 Å². The van der Waals surface area contributed by atoms with Crippen molar-refractivity contribution in [1.82, 2.24) is 36.0 Å². The number of carboxylic acids is 1. The number of carbonyl (C=O) groups is 10. The zero-order valence-corrected chi connectivity index (χ0v) is 38.4. The van der Waals surface area contributed by atoms with Crippen molar-refractivity contribution in [2.75, 3.05) is 19.6 Å². The third kappa shape index (κ3) is 14.4. The molecule has 11 N–H and O–H groups in total. The standard InChI is InChI=1S/C45H68N10O11/c1-25(2)23-28(46)42(62)53-20-8-13-32(53)39(59)49-29(16-18-35(47)56)38(58)50-30(17-19-36(48)57)43(63)54-21-9-14-33(54)40(60)51-31(24-27-11-6-5-7-12-27)44(64)55-22-10-15-34(55)41(61)52-37(26(3)4)45(65)66/h5-7,11-12,25-26,28-34,37H,8-10,13-24,46H2,1-4H3,(H2,47,56)(H2,48,57)(H,49,59)(H,50,58)(H,51,60)(H,52,61)(H,65,66)/t28-,29-,30-,31-,32-,33-,34-,37-/m0/s1. The zero-order valence-electron chi connectivity index (χ0n) is 38.4. The van der Waals surface area contributed by atoms with E-state index in [0.717, 1.165) is 0 Å². The van der Waals surface area contributed by atoms with E-state index < -0.39 is 113 Å². The van der Waals surface area contributed by atoms with Gasteiger partial charge in [-0.2, -0.15) is 0 Å². The second-order valence-electron chi connectivity index (χ2n) is 18.3. The highest BCUT2D eigenvalue weighted by molar-refractivity contribution is 5.98. The molecule has 3 aliphatic heterocycles. The Hall–Kier alpha value is -6.12. The number of hydrogen-bond donors (Lipinski definition) is 8. The molecule has 3 heterocycles. The van der Waals surface area contributed by atoms with E-state index in [2.05, 4.69) is 21.3 Å². The van der Waals surface area contributed by atoms with Gasteiger partial charge in [0, 0.05) is 38.9 Å². The minimum absolute atomic E-state index is 0.0217. The molecule has 0 aliphatic carbocycles. The number of nitrogens with zero attached hydrogens (tertiary/aromatic N) is 3. The smallest absolute Gasteiger partial charge is 0.326 e. The molecule has 0 saturated carbocycles. The van der Waals surface area contributed by atoms with Gasteiger partial charge >= 0.3 is 5.97 Å². The Kier molecular flexibility index (Phi) is 19.4. The molecule has 3 aliphatic rings. The average Bonchev–Trinajstić information content (AvgIpc) is 4.06. The van der Waals surface area contributed by atoms with Crippen molar-refractivity contribution in [3.05, 3.63) is 35.9 Å². The fourth-order valence-corrected chi connectivity index (χ4v) is 8.85. The monoisotopic (exact) mass is 925 g/mol. The van der Waals surface area contributed by atoms with Crippen molar-refractivity contribution >= 4 is 59.1 Å². The highest BCUT2D eigenvalue weighted by atomic mass is 16.4. The molecule has 21 nitrogen and oxygen atoms in total. The molecule has 21 heteroatoms. The van der Waals surface area contributed by atoms with Crippen LogP contribution in [0.3, 0.4) is 0 Å². The number of rotatable bonds is 23. The summed E-state index contributed by atoms with van der Waals surface area (Å²) >= 11 is 0. The van der Waals surface area contributed by atoms with Crippen molar-refractivity contribution in [3.63, 3.8) is 0 Å². The van der Waals surface area contributed by atoms with Crippen LogP contribution >= 0.6 is 0 Å². The molecule has 0 bridgehead atoms. The number of amides is 9. The first kappa shape index (κ1) is 52.5. The number of aliphatic carboxylic acids is 1. The Morgan fingerprint density at radius 3 is 1.52 bits per heavy atom. The van der Waals surface area contributed by atoms with Crippen LogP contribution in [0.25, 0.3) is 0 Å². The fourth-order valence-electron chi connectivity index (χ4n) is 8.85. The van der Waals surface area contributed by atoms with E-state index in [-0.39, 0.29) is 70.5 Å². The predicted octanol–water partition coefficient (Wildman–Crippen LogP) is -1.21. The van der Waals surface area contributed by atoms with Gasteiger partial charge in [0.1, 0.15) is 42.3 Å². The van der Waals surface area contributed by atoms with Gasteiger partial charge in [0.25, 0.3) is 0 Å². The van der Waals surface area contributed by atoms with Crippen LogP contribution in [0, 0.1) is 11.8 Å². The second-order valence-corrected chi connectivity index (χ2v) is 18.3. The molecule has 66 heavy (non-hydrogen) atoms. The maximum absolute atomic E-state index is 14.4. The Morgan fingerprint density at radius 1 is 0.621 bits per heavy atom. The maximum Gasteiger partial charge on any atom is 0.326 e. The van der Waals surface area contributed by atoms with E-state index >= 15 is 0 Å². The largest absolute Gasteiger partial charge is 0.480 e. The molecular weight excluding hydrogens is 857 g/mol. The number of likely N-dealkylation sites (tertiary alicyclic amines) is 3. The van der Waals surface area contributed by atoms with E-state index in [1.165, 1.54) is 14.7 Å². The van der Waals surface area contributed by atoms with Gasteiger partial charge in [0.05, 0.1) is 6.04 Å². The van der Waals surface area contributed by atoms with Gasteiger partial charge in [-0.3, -0.25) is 43.2 Å². The van der Waals surface area contributed by atoms with E-state index in [0.29, 0.717) is 37.7 Å². The molecule has 364 valence electrons. The SMILES string of the molecule is CC(C)C[C@H](N)C(=O)N1CCC[C@H]1C(=O)N[C@@H](CCC(N)=O)C(=O)N[C@@H](CCC(N)=O)C(=O)N1CCC[C@H]1C(=O)N[C@@H](Cc1ccccc1)C(=O)N1CCC[C@H]1C(=O)N[C@H](C(=O)O)C(C)C. The van der Waals surface area contributed by atoms with Crippen LogP contribution in [-0.4, -0.2) is 147 Å². The molecule has 1 aromatic carbocycles. The average molecular weight is 925 g/mol. The van der Waals surface area contributed by atoms with E-state index in [1.54, 1.807) is 44.2 Å². The second kappa shape index (κ2) is 24.4. The highest BCUT2D eigenvalue weighted by Gasteiger charge is 2.43. The third-order valence-corrected chi connectivity index (χ3v) is 12.3. The maximum atomic E-state index is 14.4. The Morgan fingerprint density at radius 2 is 1.06 bits per heavy atom. The van der Waals surface area contributed by atoms with Crippen molar-refractivity contribution in [3.8, 4) is 0 Å². The van der Waals surface area contributed by atoms with Gasteiger partial charge in [-0.05, 0) is 75.2 Å². The number of carbonyl (C=O) groups excluding carboxylic acids is 9. The number of nitrogens with two attached hydrogens (primary N) is 3. The lowest BCUT2D eigenvalue weighted by Crippen LogP contribution is -2.60. The van der Waals surface area contributed by atoms with Crippen LogP contribution in [0.5, 0.6) is 0 Å². The molecule has 0 unspecified atom stereocenters. The molecular formula is C45H68N10O11. The summed E-state index contributed by atoms with van der Waals surface area (Å²) in [5.74, 6) is -7.66. The Labute approximate surface area is 385 Å². The van der Waals surface area contributed by atoms with E-state index in [9.17, 15) is 53.1 Å². The Balaban J connectivity index is 1.54. The van der Waals surface area contributed by atoms with Gasteiger partial charge in [0.2, 0.25) is 53.2 Å². The van der Waals surface area contributed by atoms with Crippen LogP contribution in [-0.2, 0) is 54.4 Å². The van der Waals surface area contributed by atoms with E-state index in [4.69, 9.17) is 17.2 Å². The molecule has 4 rings (SSSR count). The lowest BCUT2D eigenvalue weighted by atomic mass is 10.0. The minimum Gasteiger partial charge on any atom is -0.480 e. The number of benzene rings is 1. The number of hydrogen-bond acceptors (Lipinski definition) is 11. The third-order valence-electron chi connectivity index (χ3n) is 12.3. The lowest BCUT2D eigenvalue weighted by Gasteiger charge is -2.32. The Bertz CT molecular complexity index is 1950. The molecule has 0 spiro atoms. The van der Waals surface area contributed by atoms with Crippen LogP contribution in [0.2, 0.25) is 0 Å². The van der Waals surface area contributed by atoms with Crippen LogP contribution in [0.15, 0.2) is 30.3 Å². The molecule has 0 radical (unpaired) electrons. The van der Waals surface area contributed by atoms with Crippen LogP contribution in [0.4, 0.5) is 0 Å². The summed E-state index contributed by atoms with van der Waals surface area (Å²) in [6, 6.07) is -0.286. The first-order valence-corrected chi connectivity index (χ1v) is 22.9. The van der Waals surface area contributed by atoms with Crippen molar-refractivity contribution in [2.45, 2.75) is 153 Å². The minimum atomic E-state index is -1.43. The summed E-state index contributed by atoms with van der Waals surface area (Å²) in [5.41, 5.74) is 17.7. The summed E-state index contributed by atoms with van der Waals surface area (Å²) in [5, 5.41) is 20.3. The van der Waals surface area contributed by atoms with Gasteiger partial charge < -0.3 is 58.3 Å². The zero-order chi connectivity index (χ0) is 48.8. The normalized spacial score (nSPS) is 20.5. The molecule has 3 saturated heterocycles. The number of nitrogens with one attached hydrogen (secondary N) is 4. The van der Waals surface area contributed by atoms with Crippen LogP contribution in [0.1, 0.15) is 104 Å². The van der Waals surface area contributed by atoms with Gasteiger partial charge in [0.15, 0.2) is 0 Å². The quantitative estimate of drug-likeness (QED) is 0.0641. The van der Waals surface area contributed by atoms with Gasteiger partial charge in [-0.15, -0.1) is 0 Å². The number of primary amides is 2. The van der Waals surface area contributed by atoms with Crippen molar-refractivity contribution in [2.24, 2.45) is 29.0 Å². The topological polar surface area (TPSA) is 327 Å². The van der Waals surface area contributed by atoms with Crippen molar-refractivity contribution in [1.29, 1.82) is 0 Å². The fraction of sp³-hybridized carbons (Fsp3) is 0.644. The van der Waals surface area contributed by atoms with Crippen molar-refractivity contribution < 1.29 is 53.1 Å². The van der Waals surface area contributed by atoms with Crippen LogP contribution < -0.4 is 38.5 Å². The van der Waals surface area contributed by atoms with Gasteiger partial charge in [-0.25, -0.2) is 4.79 Å².